The van der Waals surface area contributed by atoms with E-state index in [9.17, 15) is 18.7 Å². The normalized spacial score (nSPS) is 21.8. The van der Waals surface area contributed by atoms with E-state index in [-0.39, 0.29) is 12.5 Å². The third-order valence-electron chi connectivity index (χ3n) is 3.70. The predicted molar refractivity (Wildman–Crippen MR) is 71.6 cm³/mol. The standard InChI is InChI=1S/C15H14F2N2O2/c16-11-4-3-9(6-12(11)17)14-7-10(20)8-19(14)15(21)13-2-1-5-18-13/h1-6,10,14,18,20H,7-8H2/t10-,14-/m0/s1. The van der Waals surface area contributed by atoms with Crippen LogP contribution in [0.1, 0.15) is 28.5 Å². The molecule has 2 aromatic rings. The summed E-state index contributed by atoms with van der Waals surface area (Å²) in [6.07, 6.45) is 1.26. The number of hydrogen-bond donors (Lipinski definition) is 2. The molecule has 0 saturated carbocycles. The first-order chi connectivity index (χ1) is 10.1. The van der Waals surface area contributed by atoms with Crippen LogP contribution >= 0.6 is 0 Å². The Labute approximate surface area is 120 Å². The van der Waals surface area contributed by atoms with Gasteiger partial charge in [-0.1, -0.05) is 6.07 Å². The van der Waals surface area contributed by atoms with Crippen LogP contribution in [0.25, 0.3) is 0 Å². The molecule has 110 valence electrons. The maximum Gasteiger partial charge on any atom is 0.270 e. The number of nitrogens with zero attached hydrogens (tertiary/aromatic N) is 1. The van der Waals surface area contributed by atoms with Crippen molar-refractivity contribution in [1.82, 2.24) is 9.88 Å². The number of aromatic nitrogens is 1. The van der Waals surface area contributed by atoms with Crippen molar-refractivity contribution in [3.05, 3.63) is 59.4 Å². The van der Waals surface area contributed by atoms with Gasteiger partial charge in [-0.15, -0.1) is 0 Å². The maximum atomic E-state index is 13.4. The predicted octanol–water partition coefficient (Wildman–Crippen LogP) is 2.24. The number of aliphatic hydroxyl groups excluding tert-OH is 1. The molecule has 21 heavy (non-hydrogen) atoms. The van der Waals surface area contributed by atoms with Crippen LogP contribution in [-0.2, 0) is 0 Å². The Kier molecular flexibility index (Phi) is 3.47. The zero-order valence-corrected chi connectivity index (χ0v) is 11.1. The summed E-state index contributed by atoms with van der Waals surface area (Å²) in [6, 6.07) is 6.42. The summed E-state index contributed by atoms with van der Waals surface area (Å²) in [5, 5.41) is 9.83. The van der Waals surface area contributed by atoms with Crippen LogP contribution in [-0.4, -0.2) is 33.5 Å². The van der Waals surface area contributed by atoms with Crippen LogP contribution in [0.3, 0.4) is 0 Å². The van der Waals surface area contributed by atoms with E-state index in [1.807, 2.05) is 0 Å². The van der Waals surface area contributed by atoms with Crippen molar-refractivity contribution >= 4 is 5.91 Å². The number of likely N-dealkylation sites (tertiary alicyclic amines) is 1. The number of H-pyrrole nitrogens is 1. The lowest BCUT2D eigenvalue weighted by Gasteiger charge is -2.24. The summed E-state index contributed by atoms with van der Waals surface area (Å²) in [4.78, 5) is 16.7. The minimum atomic E-state index is -0.957. The van der Waals surface area contributed by atoms with Crippen molar-refractivity contribution in [2.45, 2.75) is 18.6 Å². The second kappa shape index (κ2) is 5.29. The van der Waals surface area contributed by atoms with Gasteiger partial charge in [-0.3, -0.25) is 4.79 Å². The molecule has 1 aromatic heterocycles. The molecular formula is C15H14F2N2O2. The summed E-state index contributed by atoms with van der Waals surface area (Å²) < 4.78 is 26.4. The lowest BCUT2D eigenvalue weighted by molar-refractivity contribution is 0.0710. The SMILES string of the molecule is O=C(c1ccc[nH]1)N1C[C@@H](O)C[C@H]1c1ccc(F)c(F)c1. The molecule has 2 atom stereocenters. The molecule has 1 fully saturated rings. The topological polar surface area (TPSA) is 56.3 Å². The quantitative estimate of drug-likeness (QED) is 0.892. The Morgan fingerprint density at radius 1 is 1.29 bits per heavy atom. The molecule has 3 rings (SSSR count). The van der Waals surface area contributed by atoms with Gasteiger partial charge in [0, 0.05) is 12.7 Å². The fourth-order valence-electron chi connectivity index (χ4n) is 2.69. The third kappa shape index (κ3) is 2.54. The summed E-state index contributed by atoms with van der Waals surface area (Å²) in [6.45, 7) is 0.168. The number of rotatable bonds is 2. The number of nitrogens with one attached hydrogen (secondary N) is 1. The Morgan fingerprint density at radius 2 is 2.10 bits per heavy atom. The molecule has 0 aliphatic carbocycles. The van der Waals surface area contributed by atoms with E-state index in [1.54, 1.807) is 18.3 Å². The highest BCUT2D eigenvalue weighted by Crippen LogP contribution is 2.33. The van der Waals surface area contributed by atoms with E-state index >= 15 is 0 Å². The average Bonchev–Trinajstić information content (AvgIpc) is 3.10. The monoisotopic (exact) mass is 292 g/mol. The summed E-state index contributed by atoms with van der Waals surface area (Å²) in [5.74, 6) is -2.16. The van der Waals surface area contributed by atoms with Gasteiger partial charge in [-0.05, 0) is 36.2 Å². The van der Waals surface area contributed by atoms with Crippen molar-refractivity contribution in [3.8, 4) is 0 Å². The van der Waals surface area contributed by atoms with Crippen molar-refractivity contribution in [2.75, 3.05) is 6.54 Å². The first-order valence-electron chi connectivity index (χ1n) is 6.63. The maximum absolute atomic E-state index is 13.4. The smallest absolute Gasteiger partial charge is 0.270 e. The van der Waals surface area contributed by atoms with Crippen LogP contribution in [0.15, 0.2) is 36.5 Å². The zero-order valence-electron chi connectivity index (χ0n) is 11.1. The third-order valence-corrected chi connectivity index (χ3v) is 3.70. The van der Waals surface area contributed by atoms with Crippen molar-refractivity contribution in [2.24, 2.45) is 0 Å². The van der Waals surface area contributed by atoms with Gasteiger partial charge in [0.2, 0.25) is 0 Å². The number of amides is 1. The summed E-state index contributed by atoms with van der Waals surface area (Å²) >= 11 is 0. The van der Waals surface area contributed by atoms with Crippen LogP contribution in [0, 0.1) is 11.6 Å². The van der Waals surface area contributed by atoms with E-state index in [0.717, 1.165) is 12.1 Å². The van der Waals surface area contributed by atoms with Crippen LogP contribution in [0.4, 0.5) is 8.78 Å². The molecule has 2 N–H and O–H groups in total. The second-order valence-electron chi connectivity index (χ2n) is 5.12. The number of benzene rings is 1. The van der Waals surface area contributed by atoms with Gasteiger partial charge in [0.25, 0.3) is 5.91 Å². The highest BCUT2D eigenvalue weighted by Gasteiger charge is 2.36. The van der Waals surface area contributed by atoms with Gasteiger partial charge < -0.3 is 15.0 Å². The first-order valence-corrected chi connectivity index (χ1v) is 6.63. The summed E-state index contributed by atoms with van der Waals surface area (Å²) in [5.41, 5.74) is 0.877. The minimum Gasteiger partial charge on any atom is -0.391 e. The van der Waals surface area contributed by atoms with Gasteiger partial charge in [0.05, 0.1) is 12.1 Å². The van der Waals surface area contributed by atoms with Crippen LogP contribution in [0.5, 0.6) is 0 Å². The fraction of sp³-hybridized carbons (Fsp3) is 0.267. The number of carbonyl (C=O) groups excluding carboxylic acids is 1. The van der Waals surface area contributed by atoms with Crippen molar-refractivity contribution < 1.29 is 18.7 Å². The molecule has 6 heteroatoms. The van der Waals surface area contributed by atoms with Gasteiger partial charge in [-0.2, -0.15) is 0 Å². The van der Waals surface area contributed by atoms with Gasteiger partial charge in [-0.25, -0.2) is 8.78 Å². The number of β-amino-alcohol motifs (C(OH)–C–C–N with tert-alkyl or cyclic N) is 1. The Balaban J connectivity index is 1.92. The Bertz CT molecular complexity index is 658. The zero-order chi connectivity index (χ0) is 15.0. The highest BCUT2D eigenvalue weighted by molar-refractivity contribution is 5.93. The average molecular weight is 292 g/mol. The van der Waals surface area contributed by atoms with E-state index in [1.165, 1.54) is 11.0 Å². The van der Waals surface area contributed by atoms with E-state index in [2.05, 4.69) is 4.98 Å². The number of carbonyl (C=O) groups is 1. The molecule has 1 aliphatic heterocycles. The Hall–Kier alpha value is -2.21. The highest BCUT2D eigenvalue weighted by atomic mass is 19.2. The largest absolute Gasteiger partial charge is 0.391 e. The van der Waals surface area contributed by atoms with E-state index < -0.39 is 23.8 Å². The molecule has 2 heterocycles. The molecule has 1 aliphatic rings. The lowest BCUT2D eigenvalue weighted by atomic mass is 10.0. The first kappa shape index (κ1) is 13.8. The van der Waals surface area contributed by atoms with Crippen molar-refractivity contribution in [1.29, 1.82) is 0 Å². The molecular weight excluding hydrogens is 278 g/mol. The molecule has 1 amide bonds. The molecule has 4 nitrogen and oxygen atoms in total. The number of hydrogen-bond acceptors (Lipinski definition) is 2. The number of aliphatic hydroxyl groups is 1. The van der Waals surface area contributed by atoms with Crippen molar-refractivity contribution in [3.63, 3.8) is 0 Å². The second-order valence-corrected chi connectivity index (χ2v) is 5.12. The number of halogens is 2. The van der Waals surface area contributed by atoms with E-state index in [4.69, 9.17) is 0 Å². The summed E-state index contributed by atoms with van der Waals surface area (Å²) in [7, 11) is 0. The minimum absolute atomic E-state index is 0.168. The Morgan fingerprint density at radius 3 is 2.76 bits per heavy atom. The molecule has 0 radical (unpaired) electrons. The molecule has 1 saturated heterocycles. The van der Waals surface area contributed by atoms with Crippen LogP contribution < -0.4 is 0 Å². The van der Waals surface area contributed by atoms with Gasteiger partial charge in [0.1, 0.15) is 5.69 Å². The molecule has 0 bridgehead atoms. The van der Waals surface area contributed by atoms with Gasteiger partial charge >= 0.3 is 0 Å². The van der Waals surface area contributed by atoms with E-state index in [0.29, 0.717) is 17.7 Å². The van der Waals surface area contributed by atoms with Crippen LogP contribution in [0.2, 0.25) is 0 Å². The molecule has 1 aromatic carbocycles. The number of aromatic amines is 1. The lowest BCUT2D eigenvalue weighted by Crippen LogP contribution is -2.32. The van der Waals surface area contributed by atoms with Gasteiger partial charge in [0.15, 0.2) is 11.6 Å². The fourth-order valence-corrected chi connectivity index (χ4v) is 2.69. The molecule has 0 spiro atoms. The molecule has 0 unspecified atom stereocenters.